The van der Waals surface area contributed by atoms with Gasteiger partial charge in [0.15, 0.2) is 0 Å². The van der Waals surface area contributed by atoms with Crippen LogP contribution in [0.25, 0.3) is 34.4 Å². The number of allylic oxidation sites excluding steroid dienone is 2. The van der Waals surface area contributed by atoms with E-state index in [0.29, 0.717) is 17.4 Å². The van der Waals surface area contributed by atoms with Crippen molar-refractivity contribution in [2.24, 2.45) is 5.92 Å². The average molecular weight is 671 g/mol. The van der Waals surface area contributed by atoms with Crippen LogP contribution in [0.2, 0.25) is 6.04 Å². The molecular weight excluding hydrogens is 617 g/mol. The Labute approximate surface area is 303 Å². The van der Waals surface area contributed by atoms with Gasteiger partial charge in [0.1, 0.15) is 0 Å². The third-order valence-corrected chi connectivity index (χ3v) is 15.4. The molecule has 0 N–H and O–H groups in total. The van der Waals surface area contributed by atoms with Gasteiger partial charge in [0.2, 0.25) is 0 Å². The molecule has 3 atom stereocenters. The third-order valence-electron chi connectivity index (χ3n) is 11.5. The smallest absolute Gasteiger partial charge is 0.0678 e. The van der Waals surface area contributed by atoms with Gasteiger partial charge in [-0.2, -0.15) is 0 Å². The summed E-state index contributed by atoms with van der Waals surface area (Å²) in [7, 11) is -1.60. The first-order valence-corrected chi connectivity index (χ1v) is 20.8. The molecule has 0 saturated carbocycles. The first-order chi connectivity index (χ1) is 23.8. The number of hydrogen-bond donors (Lipinski definition) is 0. The van der Waals surface area contributed by atoms with E-state index >= 15 is 0 Å². The van der Waals surface area contributed by atoms with Crippen LogP contribution in [0.5, 0.6) is 0 Å². The molecule has 0 aliphatic heterocycles. The van der Waals surface area contributed by atoms with Crippen molar-refractivity contribution in [2.75, 3.05) is 0 Å². The maximum atomic E-state index is 2.57. The Morgan fingerprint density at radius 3 is 1.56 bits per heavy atom. The topological polar surface area (TPSA) is 0 Å². The largest absolute Gasteiger partial charge is 0.0837 e. The van der Waals surface area contributed by atoms with Gasteiger partial charge in [0.05, 0.1) is 8.80 Å². The molecule has 0 spiro atoms. The Morgan fingerprint density at radius 1 is 0.560 bits per heavy atom. The van der Waals surface area contributed by atoms with Crippen LogP contribution in [-0.2, 0) is 10.8 Å². The summed E-state index contributed by atoms with van der Waals surface area (Å²) in [5, 5.41) is 1.57. The van der Waals surface area contributed by atoms with Crippen molar-refractivity contribution in [3.05, 3.63) is 160 Å². The summed E-state index contributed by atoms with van der Waals surface area (Å²) in [6.07, 6.45) is 5.09. The van der Waals surface area contributed by atoms with Gasteiger partial charge < -0.3 is 0 Å². The van der Waals surface area contributed by atoms with Crippen molar-refractivity contribution >= 4 is 26.1 Å². The fraction of sp³-hybridized carbons (Fsp3) is 0.306. The minimum Gasteiger partial charge on any atom is -0.0678 e. The number of benzene rings is 5. The molecule has 254 valence electrons. The second-order valence-electron chi connectivity index (χ2n) is 17.2. The molecule has 1 heteroatoms. The fourth-order valence-corrected chi connectivity index (χ4v) is 12.8. The van der Waals surface area contributed by atoms with E-state index in [1.54, 1.807) is 10.8 Å². The molecular formula is C49H54Si. The van der Waals surface area contributed by atoms with Crippen LogP contribution < -0.4 is 5.19 Å². The molecule has 0 nitrogen and oxygen atoms in total. The van der Waals surface area contributed by atoms with Crippen molar-refractivity contribution in [3.63, 3.8) is 0 Å². The third kappa shape index (κ3) is 6.42. The Balaban J connectivity index is 1.29. The number of rotatable bonds is 7. The van der Waals surface area contributed by atoms with E-state index in [-0.39, 0.29) is 10.8 Å². The lowest BCUT2D eigenvalue weighted by Crippen LogP contribution is -2.38. The fourth-order valence-electron chi connectivity index (χ4n) is 8.66. The van der Waals surface area contributed by atoms with Gasteiger partial charge in [-0.25, -0.2) is 0 Å². The van der Waals surface area contributed by atoms with Crippen LogP contribution >= 0.6 is 0 Å². The number of fused-ring (bicyclic) bond motifs is 2. The molecule has 2 aliphatic carbocycles. The minimum absolute atomic E-state index is 0.146. The molecule has 0 saturated heterocycles. The van der Waals surface area contributed by atoms with Gasteiger partial charge in [-0.1, -0.05) is 199 Å². The zero-order valence-electron chi connectivity index (χ0n) is 31.6. The normalized spacial score (nSPS) is 17.7. The molecule has 0 aromatic heterocycles. The van der Waals surface area contributed by atoms with E-state index < -0.39 is 8.80 Å². The van der Waals surface area contributed by atoms with Crippen LogP contribution in [0.4, 0.5) is 0 Å². The standard InChI is InChI=1S/C49H54Si/c1-32(2)43-30-45-40(35-23-27-37(28-24-35)49(7,8)9)17-13-19-41(45)46(43)31-50(38-15-11-10-12-16-38)47-33(3)29-44-39(18-14-20-42(44)47)34-21-25-36(26-22-34)48(4,5)6/h10-30,32,46-47,50H,31H2,1-9H3. The molecule has 0 amide bonds. The Morgan fingerprint density at radius 2 is 1.06 bits per heavy atom. The van der Waals surface area contributed by atoms with Crippen LogP contribution in [0, 0.1) is 5.92 Å². The van der Waals surface area contributed by atoms with Gasteiger partial charge in [-0.05, 0) is 85.4 Å². The van der Waals surface area contributed by atoms with Crippen molar-refractivity contribution in [1.29, 1.82) is 0 Å². The first-order valence-electron chi connectivity index (χ1n) is 18.7. The van der Waals surface area contributed by atoms with Crippen LogP contribution in [0.15, 0.2) is 126 Å². The van der Waals surface area contributed by atoms with Crippen molar-refractivity contribution < 1.29 is 0 Å². The SMILES string of the molecule is CC1=Cc2c(-c3ccc(C(C)(C)C)cc3)cccc2C1[SiH](CC1C(C(C)C)=Cc2c(-c3ccc(C(C)(C)C)cc3)cccc21)c1ccccc1. The van der Waals surface area contributed by atoms with Crippen molar-refractivity contribution in [1.82, 2.24) is 0 Å². The maximum absolute atomic E-state index is 2.57. The van der Waals surface area contributed by atoms with E-state index in [1.165, 1.54) is 67.3 Å². The Kier molecular flexibility index (Phi) is 9.02. The van der Waals surface area contributed by atoms with Gasteiger partial charge in [0, 0.05) is 11.5 Å². The van der Waals surface area contributed by atoms with E-state index in [0.717, 1.165) is 0 Å². The second-order valence-corrected chi connectivity index (χ2v) is 20.3. The predicted molar refractivity (Wildman–Crippen MR) is 221 cm³/mol. The summed E-state index contributed by atoms with van der Waals surface area (Å²) in [4.78, 5) is 0. The molecule has 0 radical (unpaired) electrons. The van der Waals surface area contributed by atoms with E-state index in [1.807, 2.05) is 0 Å². The highest BCUT2D eigenvalue weighted by Gasteiger charge is 2.38. The summed E-state index contributed by atoms with van der Waals surface area (Å²) in [5.74, 6) is 0.921. The van der Waals surface area contributed by atoms with Crippen LogP contribution in [0.1, 0.15) is 107 Å². The van der Waals surface area contributed by atoms with Gasteiger partial charge in [-0.3, -0.25) is 0 Å². The molecule has 5 aromatic carbocycles. The zero-order chi connectivity index (χ0) is 35.4. The predicted octanol–water partition coefficient (Wildman–Crippen LogP) is 12.6. The molecule has 3 unspecified atom stereocenters. The van der Waals surface area contributed by atoms with E-state index in [9.17, 15) is 0 Å². The zero-order valence-corrected chi connectivity index (χ0v) is 32.8. The molecule has 0 heterocycles. The molecule has 0 bridgehead atoms. The van der Waals surface area contributed by atoms with Gasteiger partial charge in [0.25, 0.3) is 0 Å². The highest BCUT2D eigenvalue weighted by atomic mass is 28.3. The maximum Gasteiger partial charge on any atom is 0.0837 e. The van der Waals surface area contributed by atoms with Crippen LogP contribution in [-0.4, -0.2) is 8.80 Å². The Bertz CT molecular complexity index is 2060. The lowest BCUT2D eigenvalue weighted by molar-refractivity contribution is 0.590. The highest BCUT2D eigenvalue weighted by molar-refractivity contribution is 6.75. The summed E-state index contributed by atoms with van der Waals surface area (Å²) in [6, 6.07) is 45.6. The quantitative estimate of drug-likeness (QED) is 0.151. The summed E-state index contributed by atoms with van der Waals surface area (Å²) in [5.41, 5.74) is 17.9. The van der Waals surface area contributed by atoms with Crippen molar-refractivity contribution in [3.8, 4) is 22.3 Å². The molecule has 5 aromatic rings. The lowest BCUT2D eigenvalue weighted by atomic mass is 9.85. The lowest BCUT2D eigenvalue weighted by Gasteiger charge is -2.30. The van der Waals surface area contributed by atoms with E-state index in [4.69, 9.17) is 0 Å². The molecule has 50 heavy (non-hydrogen) atoms. The van der Waals surface area contributed by atoms with Crippen LogP contribution in [0.3, 0.4) is 0 Å². The number of hydrogen-bond acceptors (Lipinski definition) is 0. The minimum atomic E-state index is -1.60. The second kappa shape index (κ2) is 13.2. The summed E-state index contributed by atoms with van der Waals surface area (Å²) >= 11 is 0. The summed E-state index contributed by atoms with van der Waals surface area (Å²) < 4.78 is 0. The molecule has 0 fully saturated rings. The van der Waals surface area contributed by atoms with Gasteiger partial charge in [-0.15, -0.1) is 0 Å². The Hall–Kier alpha value is -4.20. The van der Waals surface area contributed by atoms with E-state index in [2.05, 4.69) is 190 Å². The molecule has 7 rings (SSSR count). The monoisotopic (exact) mass is 670 g/mol. The summed E-state index contributed by atoms with van der Waals surface area (Å²) in [6.45, 7) is 21.0. The molecule has 2 aliphatic rings. The van der Waals surface area contributed by atoms with Crippen molar-refractivity contribution in [2.45, 2.75) is 90.6 Å². The highest BCUT2D eigenvalue weighted by Crippen LogP contribution is 2.50. The van der Waals surface area contributed by atoms with Gasteiger partial charge >= 0.3 is 0 Å². The first kappa shape index (κ1) is 34.3. The average Bonchev–Trinajstić information content (AvgIpc) is 3.64.